The second-order valence-electron chi connectivity index (χ2n) is 4.41. The van der Waals surface area contributed by atoms with Crippen LogP contribution in [0, 0.1) is 0 Å². The van der Waals surface area contributed by atoms with Crippen LogP contribution >= 0.6 is 15.9 Å². The summed E-state index contributed by atoms with van der Waals surface area (Å²) in [4.78, 5) is 3.79. The zero-order chi connectivity index (χ0) is 14.9. The third kappa shape index (κ3) is 2.87. The first kappa shape index (κ1) is 15.0. The molecule has 0 spiro atoms. The zero-order valence-corrected chi connectivity index (χ0v) is 13.4. The van der Waals surface area contributed by atoms with E-state index in [1.807, 2.05) is 24.3 Å². The Morgan fingerprint density at radius 2 is 2.05 bits per heavy atom. The maximum absolute atomic E-state index is 12.4. The third-order valence-corrected chi connectivity index (χ3v) is 5.26. The summed E-state index contributed by atoms with van der Waals surface area (Å²) in [6.07, 6.45) is 1.37. The van der Waals surface area contributed by atoms with Gasteiger partial charge in [0.1, 0.15) is 0 Å². The van der Waals surface area contributed by atoms with Crippen molar-refractivity contribution in [1.82, 2.24) is 14.3 Å². The van der Waals surface area contributed by atoms with Crippen LogP contribution in [0.2, 0.25) is 0 Å². The number of nitrogens with two attached hydrogens (primary N) is 1. The lowest BCUT2D eigenvalue weighted by atomic mass is 10.1. The van der Waals surface area contributed by atoms with E-state index < -0.39 is 16.1 Å². The molecule has 20 heavy (non-hydrogen) atoms. The molecular weight excluding hydrogens is 344 g/mol. The number of aromatic nitrogens is 2. The monoisotopic (exact) mass is 358 g/mol. The molecule has 1 aromatic carbocycles. The standard InChI is InChI=1S/C12H15BrN4O2S/c1-8(9-5-3-4-6-10(9)13)16-20(18,19)12-11(14)15-7-17(12)2/h3-8,16H,14H2,1-2H3. The van der Waals surface area contributed by atoms with Crippen molar-refractivity contribution < 1.29 is 8.42 Å². The van der Waals surface area contributed by atoms with E-state index in [4.69, 9.17) is 5.73 Å². The fraction of sp³-hybridized carbons (Fsp3) is 0.250. The van der Waals surface area contributed by atoms with Crippen molar-refractivity contribution >= 4 is 31.8 Å². The largest absolute Gasteiger partial charge is 0.381 e. The molecule has 0 aliphatic heterocycles. The van der Waals surface area contributed by atoms with Crippen LogP contribution in [0.15, 0.2) is 40.1 Å². The van der Waals surface area contributed by atoms with E-state index in [-0.39, 0.29) is 10.8 Å². The van der Waals surface area contributed by atoms with Gasteiger partial charge in [0.05, 0.1) is 6.33 Å². The summed E-state index contributed by atoms with van der Waals surface area (Å²) in [6.45, 7) is 1.77. The van der Waals surface area contributed by atoms with Crippen LogP contribution in [0.4, 0.5) is 5.82 Å². The predicted molar refractivity (Wildman–Crippen MR) is 80.5 cm³/mol. The molecular formula is C12H15BrN4O2S. The summed E-state index contributed by atoms with van der Waals surface area (Å²) < 4.78 is 29.5. The van der Waals surface area contributed by atoms with Crippen molar-refractivity contribution in [1.29, 1.82) is 0 Å². The van der Waals surface area contributed by atoms with Crippen molar-refractivity contribution in [2.75, 3.05) is 5.73 Å². The Hall–Kier alpha value is -1.38. The fourth-order valence-electron chi connectivity index (χ4n) is 1.94. The van der Waals surface area contributed by atoms with Crippen molar-refractivity contribution in [2.24, 2.45) is 7.05 Å². The topological polar surface area (TPSA) is 90.0 Å². The second kappa shape index (κ2) is 5.55. The van der Waals surface area contributed by atoms with Crippen LogP contribution in [-0.4, -0.2) is 18.0 Å². The summed E-state index contributed by atoms with van der Waals surface area (Å²) >= 11 is 3.41. The number of imidazole rings is 1. The highest BCUT2D eigenvalue weighted by Gasteiger charge is 2.25. The SMILES string of the molecule is CC(NS(=O)(=O)c1c(N)ncn1C)c1ccccc1Br. The lowest BCUT2D eigenvalue weighted by molar-refractivity contribution is 0.557. The Bertz CT molecular complexity index is 707. The molecule has 1 heterocycles. The van der Waals surface area contributed by atoms with Crippen molar-refractivity contribution in [3.63, 3.8) is 0 Å². The lowest BCUT2D eigenvalue weighted by Gasteiger charge is -2.16. The van der Waals surface area contributed by atoms with E-state index in [2.05, 4.69) is 25.6 Å². The molecule has 0 saturated carbocycles. The number of nitrogen functional groups attached to an aromatic ring is 1. The Morgan fingerprint density at radius 3 is 2.60 bits per heavy atom. The Kier molecular flexibility index (Phi) is 4.17. The van der Waals surface area contributed by atoms with Crippen LogP contribution < -0.4 is 10.5 Å². The molecule has 2 aromatic rings. The fourth-order valence-corrected chi connectivity index (χ4v) is 4.03. The molecule has 0 amide bonds. The van der Waals surface area contributed by atoms with E-state index in [1.165, 1.54) is 10.9 Å². The van der Waals surface area contributed by atoms with Crippen LogP contribution in [-0.2, 0) is 17.1 Å². The van der Waals surface area contributed by atoms with Gasteiger partial charge in [0.2, 0.25) is 0 Å². The first-order valence-electron chi connectivity index (χ1n) is 5.86. The third-order valence-electron chi connectivity index (χ3n) is 2.87. The van der Waals surface area contributed by atoms with Crippen molar-refractivity contribution in [3.05, 3.63) is 40.6 Å². The number of sulfonamides is 1. The van der Waals surface area contributed by atoms with Gasteiger partial charge in [-0.15, -0.1) is 0 Å². The van der Waals surface area contributed by atoms with E-state index in [0.29, 0.717) is 0 Å². The van der Waals surface area contributed by atoms with Gasteiger partial charge in [-0.1, -0.05) is 34.1 Å². The average molecular weight is 359 g/mol. The lowest BCUT2D eigenvalue weighted by Crippen LogP contribution is -2.29. The van der Waals surface area contributed by atoms with E-state index >= 15 is 0 Å². The van der Waals surface area contributed by atoms with Gasteiger partial charge in [-0.2, -0.15) is 0 Å². The number of hydrogen-bond donors (Lipinski definition) is 2. The molecule has 6 nitrogen and oxygen atoms in total. The van der Waals surface area contributed by atoms with Crippen LogP contribution in [0.1, 0.15) is 18.5 Å². The smallest absolute Gasteiger partial charge is 0.260 e. The molecule has 0 fully saturated rings. The molecule has 0 radical (unpaired) electrons. The van der Waals surface area contributed by atoms with Gasteiger partial charge in [0.15, 0.2) is 10.8 Å². The number of nitrogens with zero attached hydrogens (tertiary/aromatic N) is 2. The van der Waals surface area contributed by atoms with Gasteiger partial charge in [0, 0.05) is 17.6 Å². The van der Waals surface area contributed by atoms with Gasteiger partial charge in [-0.3, -0.25) is 0 Å². The van der Waals surface area contributed by atoms with Gasteiger partial charge in [0.25, 0.3) is 10.0 Å². The highest BCUT2D eigenvalue weighted by atomic mass is 79.9. The van der Waals surface area contributed by atoms with E-state index in [9.17, 15) is 8.42 Å². The molecule has 108 valence electrons. The number of nitrogens with one attached hydrogen (secondary N) is 1. The van der Waals surface area contributed by atoms with Gasteiger partial charge < -0.3 is 10.3 Å². The second-order valence-corrected chi connectivity index (χ2v) is 6.89. The summed E-state index contributed by atoms with van der Waals surface area (Å²) in [5.74, 6) is -0.0145. The van der Waals surface area contributed by atoms with Crippen molar-refractivity contribution in [2.45, 2.75) is 18.0 Å². The highest BCUT2D eigenvalue weighted by molar-refractivity contribution is 9.10. The number of aryl methyl sites for hydroxylation is 1. The van der Waals surface area contributed by atoms with Crippen LogP contribution in [0.25, 0.3) is 0 Å². The highest BCUT2D eigenvalue weighted by Crippen LogP contribution is 2.25. The summed E-state index contributed by atoms with van der Waals surface area (Å²) in [5.41, 5.74) is 6.46. The molecule has 0 aliphatic rings. The van der Waals surface area contributed by atoms with Crippen LogP contribution in [0.5, 0.6) is 0 Å². The molecule has 1 aromatic heterocycles. The molecule has 0 aliphatic carbocycles. The first-order chi connectivity index (χ1) is 9.33. The van der Waals surface area contributed by atoms with Gasteiger partial charge in [-0.05, 0) is 18.6 Å². The number of anilines is 1. The quantitative estimate of drug-likeness (QED) is 0.871. The average Bonchev–Trinajstić information content (AvgIpc) is 2.69. The predicted octanol–water partition coefficient (Wildman–Crippen LogP) is 1.80. The molecule has 1 unspecified atom stereocenters. The normalized spacial score (nSPS) is 13.3. The maximum Gasteiger partial charge on any atom is 0.260 e. The maximum atomic E-state index is 12.4. The molecule has 2 rings (SSSR count). The number of benzene rings is 1. The summed E-state index contributed by atoms with van der Waals surface area (Å²) in [5, 5.41) is -0.0311. The molecule has 3 N–H and O–H groups in total. The summed E-state index contributed by atoms with van der Waals surface area (Å²) in [7, 11) is -2.15. The minimum atomic E-state index is -3.74. The van der Waals surface area contributed by atoms with Gasteiger partial charge in [-0.25, -0.2) is 18.1 Å². The van der Waals surface area contributed by atoms with Crippen LogP contribution in [0.3, 0.4) is 0 Å². The Morgan fingerprint density at radius 1 is 1.40 bits per heavy atom. The van der Waals surface area contributed by atoms with E-state index in [0.717, 1.165) is 10.0 Å². The van der Waals surface area contributed by atoms with E-state index in [1.54, 1.807) is 14.0 Å². The zero-order valence-electron chi connectivity index (χ0n) is 11.0. The Balaban J connectivity index is 2.32. The number of rotatable bonds is 4. The number of hydrogen-bond acceptors (Lipinski definition) is 4. The molecule has 0 saturated heterocycles. The summed E-state index contributed by atoms with van der Waals surface area (Å²) in [6, 6.07) is 7.03. The molecule has 8 heteroatoms. The Labute approximate surface area is 126 Å². The van der Waals surface area contributed by atoms with Gasteiger partial charge >= 0.3 is 0 Å². The van der Waals surface area contributed by atoms with Crippen molar-refractivity contribution in [3.8, 4) is 0 Å². The molecule has 1 atom stereocenters. The number of halogens is 1. The minimum Gasteiger partial charge on any atom is -0.381 e. The molecule has 0 bridgehead atoms. The first-order valence-corrected chi connectivity index (χ1v) is 8.14. The minimum absolute atomic E-state index is 0.0145.